The maximum atomic E-state index is 6.12. The van der Waals surface area contributed by atoms with E-state index in [0.29, 0.717) is 5.92 Å². The summed E-state index contributed by atoms with van der Waals surface area (Å²) in [5, 5.41) is 1.49. The maximum Gasteiger partial charge on any atom is 0.0439 e. The van der Waals surface area contributed by atoms with Crippen molar-refractivity contribution >= 4 is 23.2 Å². The second-order valence-electron chi connectivity index (χ2n) is 4.48. The molecule has 1 saturated carbocycles. The van der Waals surface area contributed by atoms with Crippen molar-refractivity contribution in [3.63, 3.8) is 0 Å². The van der Waals surface area contributed by atoms with Crippen LogP contribution in [0.15, 0.2) is 18.2 Å². The number of halogens is 2. The van der Waals surface area contributed by atoms with Gasteiger partial charge in [0.2, 0.25) is 0 Å². The van der Waals surface area contributed by atoms with E-state index in [1.165, 1.54) is 6.42 Å². The normalized spacial score (nSPS) is 26.4. The van der Waals surface area contributed by atoms with Gasteiger partial charge in [0.05, 0.1) is 0 Å². The lowest BCUT2D eigenvalue weighted by Gasteiger charge is -2.12. The van der Waals surface area contributed by atoms with Gasteiger partial charge >= 0.3 is 0 Å². The monoisotopic (exact) mass is 243 g/mol. The largest absolute Gasteiger partial charge is 0.327 e. The second-order valence-corrected chi connectivity index (χ2v) is 5.32. The van der Waals surface area contributed by atoms with E-state index in [1.54, 1.807) is 6.07 Å². The van der Waals surface area contributed by atoms with Crippen LogP contribution in [0.5, 0.6) is 0 Å². The first kappa shape index (κ1) is 11.3. The lowest BCUT2D eigenvalue weighted by molar-refractivity contribution is 0.560. The molecule has 1 aliphatic rings. The Morgan fingerprint density at radius 3 is 2.73 bits per heavy atom. The Morgan fingerprint density at radius 1 is 1.47 bits per heavy atom. The third-order valence-electron chi connectivity index (χ3n) is 3.19. The average Bonchev–Trinajstić information content (AvgIpc) is 2.89. The van der Waals surface area contributed by atoms with Crippen molar-refractivity contribution in [2.75, 3.05) is 0 Å². The van der Waals surface area contributed by atoms with E-state index in [0.717, 1.165) is 27.9 Å². The van der Waals surface area contributed by atoms with Crippen LogP contribution in [0.4, 0.5) is 0 Å². The molecule has 2 N–H and O–H groups in total. The van der Waals surface area contributed by atoms with Crippen LogP contribution in [0.2, 0.25) is 10.0 Å². The van der Waals surface area contributed by atoms with Crippen molar-refractivity contribution in [1.82, 2.24) is 0 Å². The second kappa shape index (κ2) is 4.32. The van der Waals surface area contributed by atoms with E-state index in [1.807, 2.05) is 12.1 Å². The summed E-state index contributed by atoms with van der Waals surface area (Å²) in [4.78, 5) is 0. The molecule has 0 spiro atoms. The van der Waals surface area contributed by atoms with Gasteiger partial charge in [0, 0.05) is 16.1 Å². The van der Waals surface area contributed by atoms with E-state index in [-0.39, 0.29) is 6.04 Å². The third-order valence-corrected chi connectivity index (χ3v) is 3.79. The fourth-order valence-electron chi connectivity index (χ4n) is 2.05. The summed E-state index contributed by atoms with van der Waals surface area (Å²) in [5.74, 6) is 1.44. The summed E-state index contributed by atoms with van der Waals surface area (Å²) < 4.78 is 0. The van der Waals surface area contributed by atoms with Crippen molar-refractivity contribution in [2.24, 2.45) is 17.6 Å². The molecule has 0 radical (unpaired) electrons. The highest BCUT2D eigenvalue weighted by Gasteiger charge is 2.37. The van der Waals surface area contributed by atoms with Crippen LogP contribution in [0.3, 0.4) is 0 Å². The molecular weight excluding hydrogens is 229 g/mol. The Morgan fingerprint density at radius 2 is 2.13 bits per heavy atom. The Bertz CT molecular complexity index is 365. The molecule has 0 saturated heterocycles. The Balaban J connectivity index is 2.06. The number of hydrogen-bond acceptors (Lipinski definition) is 1. The molecule has 3 unspecified atom stereocenters. The van der Waals surface area contributed by atoms with Gasteiger partial charge in [0.1, 0.15) is 0 Å². The molecule has 0 bridgehead atoms. The van der Waals surface area contributed by atoms with Crippen LogP contribution >= 0.6 is 23.2 Å². The SMILES string of the molecule is CC1CC1C(N)Cc1cc(Cl)ccc1Cl. The van der Waals surface area contributed by atoms with Gasteiger partial charge in [0.15, 0.2) is 0 Å². The van der Waals surface area contributed by atoms with Crippen LogP contribution in [-0.2, 0) is 6.42 Å². The Labute approximate surface area is 101 Å². The van der Waals surface area contributed by atoms with Crippen molar-refractivity contribution < 1.29 is 0 Å². The highest BCUT2D eigenvalue weighted by Crippen LogP contribution is 2.41. The van der Waals surface area contributed by atoms with E-state index >= 15 is 0 Å². The maximum absolute atomic E-state index is 6.12. The molecule has 1 aromatic rings. The van der Waals surface area contributed by atoms with Crippen LogP contribution in [0, 0.1) is 11.8 Å². The highest BCUT2D eigenvalue weighted by atomic mass is 35.5. The molecule has 82 valence electrons. The number of benzene rings is 1. The summed E-state index contributed by atoms with van der Waals surface area (Å²) in [5.41, 5.74) is 7.18. The first-order chi connectivity index (χ1) is 7.08. The summed E-state index contributed by atoms with van der Waals surface area (Å²) in [6.45, 7) is 2.24. The minimum atomic E-state index is 0.218. The molecule has 1 aromatic carbocycles. The summed E-state index contributed by atoms with van der Waals surface area (Å²) in [6, 6.07) is 5.77. The van der Waals surface area contributed by atoms with Crippen LogP contribution < -0.4 is 5.73 Å². The fourth-order valence-corrected chi connectivity index (χ4v) is 2.44. The molecule has 1 fully saturated rings. The van der Waals surface area contributed by atoms with Crippen molar-refractivity contribution in [2.45, 2.75) is 25.8 Å². The topological polar surface area (TPSA) is 26.0 Å². The van der Waals surface area contributed by atoms with Gasteiger partial charge in [-0.15, -0.1) is 0 Å². The van der Waals surface area contributed by atoms with Crippen LogP contribution in [0.1, 0.15) is 18.9 Å². The molecule has 1 aliphatic carbocycles. The van der Waals surface area contributed by atoms with Gasteiger partial charge in [-0.3, -0.25) is 0 Å². The molecule has 0 amide bonds. The van der Waals surface area contributed by atoms with Crippen molar-refractivity contribution in [3.05, 3.63) is 33.8 Å². The van der Waals surface area contributed by atoms with E-state index < -0.39 is 0 Å². The first-order valence-electron chi connectivity index (χ1n) is 5.27. The zero-order valence-corrected chi connectivity index (χ0v) is 10.2. The van der Waals surface area contributed by atoms with Gasteiger partial charge in [-0.05, 0) is 48.4 Å². The molecule has 2 rings (SSSR count). The standard InChI is InChI=1S/C12H15Cl2N/c1-7-4-10(7)12(15)6-8-5-9(13)2-3-11(8)14/h2-3,5,7,10,12H,4,6,15H2,1H3. The summed E-state index contributed by atoms with van der Waals surface area (Å²) >= 11 is 12.0. The minimum Gasteiger partial charge on any atom is -0.327 e. The molecule has 3 heteroatoms. The lowest BCUT2D eigenvalue weighted by atomic mass is 10.0. The van der Waals surface area contributed by atoms with Gasteiger partial charge in [-0.25, -0.2) is 0 Å². The summed E-state index contributed by atoms with van der Waals surface area (Å²) in [7, 11) is 0. The zero-order valence-electron chi connectivity index (χ0n) is 8.71. The predicted octanol–water partition coefficient (Wildman–Crippen LogP) is 3.52. The quantitative estimate of drug-likeness (QED) is 0.864. The third kappa shape index (κ3) is 2.66. The van der Waals surface area contributed by atoms with E-state index in [2.05, 4.69) is 6.92 Å². The molecule has 0 aliphatic heterocycles. The number of nitrogens with two attached hydrogens (primary N) is 1. The molecular formula is C12H15Cl2N. The number of rotatable bonds is 3. The molecule has 1 nitrogen and oxygen atoms in total. The average molecular weight is 244 g/mol. The van der Waals surface area contributed by atoms with Crippen molar-refractivity contribution in [3.8, 4) is 0 Å². The van der Waals surface area contributed by atoms with Gasteiger partial charge in [0.25, 0.3) is 0 Å². The molecule has 0 heterocycles. The zero-order chi connectivity index (χ0) is 11.0. The Kier molecular flexibility index (Phi) is 3.24. The Hall–Kier alpha value is -0.240. The predicted molar refractivity (Wildman–Crippen MR) is 65.4 cm³/mol. The molecule has 15 heavy (non-hydrogen) atoms. The van der Waals surface area contributed by atoms with Crippen LogP contribution in [0.25, 0.3) is 0 Å². The molecule has 0 aromatic heterocycles. The fraction of sp³-hybridized carbons (Fsp3) is 0.500. The minimum absolute atomic E-state index is 0.218. The molecule has 3 atom stereocenters. The van der Waals surface area contributed by atoms with Crippen LogP contribution in [-0.4, -0.2) is 6.04 Å². The summed E-state index contributed by atoms with van der Waals surface area (Å²) in [6.07, 6.45) is 2.08. The lowest BCUT2D eigenvalue weighted by Crippen LogP contribution is -2.26. The first-order valence-corrected chi connectivity index (χ1v) is 6.03. The highest BCUT2D eigenvalue weighted by molar-refractivity contribution is 6.33. The van der Waals surface area contributed by atoms with Crippen molar-refractivity contribution in [1.29, 1.82) is 0 Å². The smallest absolute Gasteiger partial charge is 0.0439 e. The van der Waals surface area contributed by atoms with E-state index in [4.69, 9.17) is 28.9 Å². The van der Waals surface area contributed by atoms with E-state index in [9.17, 15) is 0 Å². The van der Waals surface area contributed by atoms with Gasteiger partial charge in [-0.1, -0.05) is 30.1 Å². The number of hydrogen-bond donors (Lipinski definition) is 1. The van der Waals surface area contributed by atoms with Gasteiger partial charge in [-0.2, -0.15) is 0 Å². The van der Waals surface area contributed by atoms with Gasteiger partial charge < -0.3 is 5.73 Å².